The van der Waals surface area contributed by atoms with Gasteiger partial charge in [0.15, 0.2) is 11.6 Å². The molecule has 3 heteroatoms. The highest BCUT2D eigenvalue weighted by Gasteiger charge is 2.04. The van der Waals surface area contributed by atoms with Gasteiger partial charge in [-0.25, -0.2) is 8.78 Å². The minimum absolute atomic E-state index is 0.574. The molecule has 0 amide bonds. The first-order chi connectivity index (χ1) is 6.69. The van der Waals surface area contributed by atoms with Gasteiger partial charge in [0, 0.05) is 12.6 Å². The van der Waals surface area contributed by atoms with Gasteiger partial charge in [0.2, 0.25) is 0 Å². The zero-order valence-corrected chi connectivity index (χ0v) is 8.09. The third kappa shape index (κ3) is 2.25. The number of aliphatic imine (C=N–C) groups is 1. The van der Waals surface area contributed by atoms with Crippen LogP contribution in [0.5, 0.6) is 0 Å². The number of nitrogens with zero attached hydrogens (tertiary/aromatic N) is 1. The van der Waals surface area contributed by atoms with Gasteiger partial charge in [-0.2, -0.15) is 0 Å². The molecule has 0 aromatic heterocycles. The average Bonchev–Trinajstić information content (AvgIpc) is 2.19. The van der Waals surface area contributed by atoms with Crippen molar-refractivity contribution in [1.82, 2.24) is 0 Å². The Bertz CT molecular complexity index is 381. The van der Waals surface area contributed by atoms with Crippen LogP contribution in [0, 0.1) is 11.6 Å². The van der Waals surface area contributed by atoms with E-state index in [4.69, 9.17) is 0 Å². The summed E-state index contributed by atoms with van der Waals surface area (Å²) in [7, 11) is 1.61. The molecule has 0 N–H and O–H groups in total. The van der Waals surface area contributed by atoms with Gasteiger partial charge in [0.05, 0.1) is 5.71 Å². The fourth-order valence-corrected chi connectivity index (χ4v) is 1.11. The zero-order chi connectivity index (χ0) is 10.6. The summed E-state index contributed by atoms with van der Waals surface area (Å²) >= 11 is 0. The summed E-state index contributed by atoms with van der Waals surface area (Å²) in [6, 6.07) is 3.73. The molecule has 1 aromatic rings. The van der Waals surface area contributed by atoms with E-state index in [2.05, 4.69) is 4.99 Å². The van der Waals surface area contributed by atoms with Crippen molar-refractivity contribution in [1.29, 1.82) is 0 Å². The van der Waals surface area contributed by atoms with E-state index in [-0.39, 0.29) is 0 Å². The molecule has 1 nitrogen and oxygen atoms in total. The van der Waals surface area contributed by atoms with E-state index in [1.807, 2.05) is 6.92 Å². The van der Waals surface area contributed by atoms with Crippen molar-refractivity contribution in [2.75, 3.05) is 7.05 Å². The summed E-state index contributed by atoms with van der Waals surface area (Å²) in [6.45, 7) is 1.84. The van der Waals surface area contributed by atoms with Gasteiger partial charge in [0.1, 0.15) is 0 Å². The van der Waals surface area contributed by atoms with Crippen molar-refractivity contribution in [3.63, 3.8) is 0 Å². The van der Waals surface area contributed by atoms with Crippen LogP contribution in [0.2, 0.25) is 0 Å². The minimum Gasteiger partial charge on any atom is -0.288 e. The molecular formula is C11H11F2N. The summed E-state index contributed by atoms with van der Waals surface area (Å²) in [5, 5.41) is 0. The van der Waals surface area contributed by atoms with E-state index >= 15 is 0 Å². The van der Waals surface area contributed by atoms with E-state index in [1.54, 1.807) is 19.2 Å². The highest BCUT2D eigenvalue weighted by Crippen LogP contribution is 2.10. The van der Waals surface area contributed by atoms with Crippen molar-refractivity contribution in [3.05, 3.63) is 47.5 Å². The second kappa shape index (κ2) is 4.65. The summed E-state index contributed by atoms with van der Waals surface area (Å²) < 4.78 is 25.5. The van der Waals surface area contributed by atoms with Crippen LogP contribution in [0.15, 0.2) is 35.3 Å². The Balaban J connectivity index is 3.13. The maximum absolute atomic E-state index is 12.9. The van der Waals surface area contributed by atoms with Gasteiger partial charge in [0.25, 0.3) is 0 Å². The molecule has 0 unspecified atom stereocenters. The number of hydrogen-bond donors (Lipinski definition) is 0. The molecule has 0 bridgehead atoms. The molecule has 0 aliphatic carbocycles. The van der Waals surface area contributed by atoms with Gasteiger partial charge in [-0.3, -0.25) is 4.99 Å². The highest BCUT2D eigenvalue weighted by atomic mass is 19.2. The Morgan fingerprint density at radius 3 is 2.50 bits per heavy atom. The monoisotopic (exact) mass is 195 g/mol. The smallest absolute Gasteiger partial charge is 0.159 e. The minimum atomic E-state index is -0.854. The van der Waals surface area contributed by atoms with Crippen molar-refractivity contribution in [2.45, 2.75) is 6.92 Å². The van der Waals surface area contributed by atoms with E-state index < -0.39 is 11.6 Å². The standard InChI is InChI=1S/C11H11F2N/c1-3-4-11(14-2)8-5-6-9(12)10(13)7-8/h3-7H,1-2H3/b4-3-,14-11?. The van der Waals surface area contributed by atoms with E-state index in [1.165, 1.54) is 6.07 Å². The van der Waals surface area contributed by atoms with Gasteiger partial charge < -0.3 is 0 Å². The summed E-state index contributed by atoms with van der Waals surface area (Å²) in [6.07, 6.45) is 3.54. The van der Waals surface area contributed by atoms with Crippen LogP contribution in [0.3, 0.4) is 0 Å². The van der Waals surface area contributed by atoms with Crippen molar-refractivity contribution in [2.24, 2.45) is 4.99 Å². The number of halogens is 2. The zero-order valence-electron chi connectivity index (χ0n) is 8.09. The molecule has 0 atom stereocenters. The average molecular weight is 195 g/mol. The third-order valence-electron chi connectivity index (χ3n) is 1.78. The topological polar surface area (TPSA) is 12.4 Å². The van der Waals surface area contributed by atoms with E-state index in [0.29, 0.717) is 11.3 Å². The molecule has 1 rings (SSSR count). The maximum atomic E-state index is 12.9. The second-order valence-corrected chi connectivity index (χ2v) is 2.74. The predicted molar refractivity (Wildman–Crippen MR) is 53.6 cm³/mol. The molecule has 0 aliphatic heterocycles. The first-order valence-corrected chi connectivity index (χ1v) is 4.24. The molecule has 0 saturated heterocycles. The van der Waals surface area contributed by atoms with Crippen LogP contribution in [0.25, 0.3) is 0 Å². The number of rotatable bonds is 2. The van der Waals surface area contributed by atoms with Crippen LogP contribution in [0.1, 0.15) is 12.5 Å². The predicted octanol–water partition coefficient (Wildman–Crippen LogP) is 2.96. The lowest BCUT2D eigenvalue weighted by Crippen LogP contribution is -1.98. The molecule has 0 heterocycles. The Morgan fingerprint density at radius 2 is 2.00 bits per heavy atom. The highest BCUT2D eigenvalue weighted by molar-refractivity contribution is 6.08. The SMILES string of the molecule is C/C=C\C(=NC)c1ccc(F)c(F)c1. The first kappa shape index (κ1) is 10.6. The Morgan fingerprint density at radius 1 is 1.29 bits per heavy atom. The third-order valence-corrected chi connectivity index (χ3v) is 1.78. The number of allylic oxidation sites excluding steroid dienone is 2. The normalized spacial score (nSPS) is 12.4. The van der Waals surface area contributed by atoms with Crippen LogP contribution in [-0.4, -0.2) is 12.8 Å². The Hall–Kier alpha value is -1.51. The molecule has 0 radical (unpaired) electrons. The van der Waals surface area contributed by atoms with Gasteiger partial charge in [-0.1, -0.05) is 6.08 Å². The fraction of sp³-hybridized carbons (Fsp3) is 0.182. The molecule has 0 aliphatic rings. The molecular weight excluding hydrogens is 184 g/mol. The Kier molecular flexibility index (Phi) is 3.51. The first-order valence-electron chi connectivity index (χ1n) is 4.24. The summed E-state index contributed by atoms with van der Waals surface area (Å²) in [5.41, 5.74) is 1.20. The number of hydrogen-bond acceptors (Lipinski definition) is 1. The van der Waals surface area contributed by atoms with Gasteiger partial charge >= 0.3 is 0 Å². The lowest BCUT2D eigenvalue weighted by atomic mass is 10.1. The van der Waals surface area contributed by atoms with Crippen LogP contribution in [-0.2, 0) is 0 Å². The lowest BCUT2D eigenvalue weighted by Gasteiger charge is -2.00. The van der Waals surface area contributed by atoms with E-state index in [9.17, 15) is 8.78 Å². The largest absolute Gasteiger partial charge is 0.288 e. The van der Waals surface area contributed by atoms with Crippen molar-refractivity contribution < 1.29 is 8.78 Å². The van der Waals surface area contributed by atoms with Gasteiger partial charge in [-0.05, 0) is 31.2 Å². The summed E-state index contributed by atoms with van der Waals surface area (Å²) in [4.78, 5) is 3.96. The second-order valence-electron chi connectivity index (χ2n) is 2.74. The molecule has 0 saturated carbocycles. The van der Waals surface area contributed by atoms with Crippen LogP contribution in [0.4, 0.5) is 8.78 Å². The van der Waals surface area contributed by atoms with Crippen molar-refractivity contribution >= 4 is 5.71 Å². The number of benzene rings is 1. The van der Waals surface area contributed by atoms with Crippen LogP contribution < -0.4 is 0 Å². The van der Waals surface area contributed by atoms with E-state index in [0.717, 1.165) is 12.1 Å². The molecule has 0 fully saturated rings. The molecule has 14 heavy (non-hydrogen) atoms. The quantitative estimate of drug-likeness (QED) is 0.643. The molecule has 0 spiro atoms. The molecule has 74 valence electrons. The Labute approximate surface area is 81.8 Å². The summed E-state index contributed by atoms with van der Waals surface area (Å²) in [5.74, 6) is -1.70. The van der Waals surface area contributed by atoms with Crippen LogP contribution >= 0.6 is 0 Å². The lowest BCUT2D eigenvalue weighted by molar-refractivity contribution is 0.508. The fourth-order valence-electron chi connectivity index (χ4n) is 1.11. The van der Waals surface area contributed by atoms with Crippen molar-refractivity contribution in [3.8, 4) is 0 Å². The maximum Gasteiger partial charge on any atom is 0.159 e. The van der Waals surface area contributed by atoms with Gasteiger partial charge in [-0.15, -0.1) is 0 Å². The molecule has 1 aromatic carbocycles.